The normalized spacial score (nSPS) is 11.2. The van der Waals surface area contributed by atoms with E-state index >= 15 is 0 Å². The van der Waals surface area contributed by atoms with Crippen LogP contribution >= 0.6 is 11.8 Å². The lowest BCUT2D eigenvalue weighted by atomic mass is 10.2. The number of aromatic nitrogens is 1. The molecule has 0 saturated heterocycles. The van der Waals surface area contributed by atoms with Crippen molar-refractivity contribution in [3.63, 3.8) is 0 Å². The molecule has 0 aromatic carbocycles. The van der Waals surface area contributed by atoms with Gasteiger partial charge in [0.25, 0.3) is 0 Å². The first-order valence-corrected chi connectivity index (χ1v) is 6.29. The third-order valence-corrected chi connectivity index (χ3v) is 3.25. The van der Waals surface area contributed by atoms with E-state index in [0.717, 1.165) is 6.42 Å². The first-order valence-electron chi connectivity index (χ1n) is 5.47. The second kappa shape index (κ2) is 5.91. The molecule has 0 spiro atoms. The van der Waals surface area contributed by atoms with Crippen LogP contribution in [0, 0.1) is 0 Å². The molecule has 5 heteroatoms. The maximum Gasteiger partial charge on any atom is 0.319 e. The van der Waals surface area contributed by atoms with Crippen molar-refractivity contribution in [1.29, 1.82) is 0 Å². The van der Waals surface area contributed by atoms with Gasteiger partial charge in [-0.2, -0.15) is 0 Å². The lowest BCUT2D eigenvalue weighted by Gasteiger charge is -2.19. The molecule has 94 valence electrons. The van der Waals surface area contributed by atoms with Crippen LogP contribution in [-0.4, -0.2) is 27.4 Å². The van der Waals surface area contributed by atoms with Crippen molar-refractivity contribution in [2.45, 2.75) is 37.0 Å². The average Bonchev–Trinajstić information content (AvgIpc) is 2.27. The minimum absolute atomic E-state index is 0.604. The van der Waals surface area contributed by atoms with E-state index in [9.17, 15) is 4.79 Å². The summed E-state index contributed by atoms with van der Waals surface area (Å²) in [6, 6.07) is 3.59. The fraction of sp³-hybridized carbons (Fsp3) is 0.500. The Balaban J connectivity index is 2.86. The van der Waals surface area contributed by atoms with Crippen LogP contribution in [0.25, 0.3) is 0 Å². The summed E-state index contributed by atoms with van der Waals surface area (Å²) in [5.74, 6) is -0.219. The number of carboxylic acids is 1. The van der Waals surface area contributed by atoms with E-state index in [4.69, 9.17) is 9.84 Å². The van der Waals surface area contributed by atoms with Crippen LogP contribution < -0.4 is 4.74 Å². The SMILES string of the molecule is CCCOc1cccnc1SC(C)(C)C(=O)O. The number of aliphatic carboxylic acids is 1. The molecule has 1 heterocycles. The third-order valence-electron chi connectivity index (χ3n) is 2.06. The molecule has 0 fully saturated rings. The summed E-state index contributed by atoms with van der Waals surface area (Å²) in [5.41, 5.74) is 0. The minimum atomic E-state index is -0.918. The Morgan fingerprint density at radius 3 is 2.88 bits per heavy atom. The summed E-state index contributed by atoms with van der Waals surface area (Å²) < 4.78 is 4.62. The Morgan fingerprint density at radius 2 is 2.29 bits per heavy atom. The summed E-state index contributed by atoms with van der Waals surface area (Å²) in [7, 11) is 0. The van der Waals surface area contributed by atoms with Gasteiger partial charge in [-0.25, -0.2) is 4.98 Å². The lowest BCUT2D eigenvalue weighted by Crippen LogP contribution is -2.27. The highest BCUT2D eigenvalue weighted by molar-refractivity contribution is 8.01. The number of thioether (sulfide) groups is 1. The van der Waals surface area contributed by atoms with Gasteiger partial charge in [0.15, 0.2) is 5.75 Å². The summed E-state index contributed by atoms with van der Waals surface area (Å²) >= 11 is 1.20. The van der Waals surface area contributed by atoms with Crippen LogP contribution in [-0.2, 0) is 4.79 Å². The Labute approximate surface area is 105 Å². The molecule has 0 aliphatic heterocycles. The van der Waals surface area contributed by atoms with Crippen molar-refractivity contribution in [2.24, 2.45) is 0 Å². The number of rotatable bonds is 6. The van der Waals surface area contributed by atoms with Gasteiger partial charge in [-0.05, 0) is 32.4 Å². The number of hydrogen-bond acceptors (Lipinski definition) is 4. The van der Waals surface area contributed by atoms with Crippen LogP contribution in [0.3, 0.4) is 0 Å². The summed E-state index contributed by atoms with van der Waals surface area (Å²) in [5, 5.41) is 9.70. The van der Waals surface area contributed by atoms with Gasteiger partial charge in [0.1, 0.15) is 9.77 Å². The van der Waals surface area contributed by atoms with Gasteiger partial charge in [0, 0.05) is 6.20 Å². The van der Waals surface area contributed by atoms with Crippen LogP contribution in [0.1, 0.15) is 27.2 Å². The second-order valence-electron chi connectivity index (χ2n) is 4.07. The first-order chi connectivity index (χ1) is 7.97. The maximum absolute atomic E-state index is 11.1. The smallest absolute Gasteiger partial charge is 0.319 e. The van der Waals surface area contributed by atoms with Crippen molar-refractivity contribution >= 4 is 17.7 Å². The van der Waals surface area contributed by atoms with Crippen LogP contribution in [0.5, 0.6) is 5.75 Å². The molecule has 1 rings (SSSR count). The number of carboxylic acid groups (broad SMARTS) is 1. The Kier molecular flexibility index (Phi) is 4.81. The van der Waals surface area contributed by atoms with Crippen LogP contribution in [0.2, 0.25) is 0 Å². The molecular formula is C12H17NO3S. The minimum Gasteiger partial charge on any atom is -0.491 e. The van der Waals surface area contributed by atoms with Crippen molar-refractivity contribution in [1.82, 2.24) is 4.98 Å². The molecule has 0 aliphatic carbocycles. The number of hydrogen-bond donors (Lipinski definition) is 1. The van der Waals surface area contributed by atoms with E-state index in [0.29, 0.717) is 17.4 Å². The number of carbonyl (C=O) groups is 1. The number of ether oxygens (including phenoxy) is 1. The fourth-order valence-corrected chi connectivity index (χ4v) is 1.97. The maximum atomic E-state index is 11.1. The van der Waals surface area contributed by atoms with Gasteiger partial charge in [0.2, 0.25) is 0 Å². The number of pyridine rings is 1. The standard InChI is InChI=1S/C12H17NO3S/c1-4-8-16-9-6-5-7-13-10(9)17-12(2,3)11(14)15/h5-7H,4,8H2,1-3H3,(H,14,15). The predicted octanol–water partition coefficient (Wildman–Crippen LogP) is 2.83. The van der Waals surface area contributed by atoms with E-state index in [-0.39, 0.29) is 0 Å². The van der Waals surface area contributed by atoms with E-state index in [1.807, 2.05) is 13.0 Å². The second-order valence-corrected chi connectivity index (χ2v) is 5.68. The van der Waals surface area contributed by atoms with Crippen molar-refractivity contribution in [3.05, 3.63) is 18.3 Å². The van der Waals surface area contributed by atoms with Gasteiger partial charge in [-0.1, -0.05) is 18.7 Å². The van der Waals surface area contributed by atoms with E-state index < -0.39 is 10.7 Å². The van der Waals surface area contributed by atoms with Gasteiger partial charge in [0.05, 0.1) is 6.61 Å². The molecule has 0 bridgehead atoms. The molecule has 4 nitrogen and oxygen atoms in total. The Hall–Kier alpha value is -1.23. The Morgan fingerprint density at radius 1 is 1.59 bits per heavy atom. The van der Waals surface area contributed by atoms with Gasteiger partial charge < -0.3 is 9.84 Å². The molecule has 0 saturated carbocycles. The molecule has 0 unspecified atom stereocenters. The molecule has 0 radical (unpaired) electrons. The molecular weight excluding hydrogens is 238 g/mol. The van der Waals surface area contributed by atoms with Crippen LogP contribution in [0.4, 0.5) is 0 Å². The summed E-state index contributed by atoms with van der Waals surface area (Å²) in [6.45, 7) is 5.92. The molecule has 1 aromatic heterocycles. The highest BCUT2D eigenvalue weighted by atomic mass is 32.2. The predicted molar refractivity (Wildman–Crippen MR) is 67.6 cm³/mol. The lowest BCUT2D eigenvalue weighted by molar-refractivity contribution is -0.138. The van der Waals surface area contributed by atoms with Gasteiger partial charge in [-0.15, -0.1) is 0 Å². The van der Waals surface area contributed by atoms with Gasteiger partial charge >= 0.3 is 5.97 Å². The topological polar surface area (TPSA) is 59.4 Å². The third kappa shape index (κ3) is 3.93. The molecule has 17 heavy (non-hydrogen) atoms. The van der Waals surface area contributed by atoms with E-state index in [1.54, 1.807) is 26.1 Å². The fourth-order valence-electron chi connectivity index (χ4n) is 1.06. The largest absolute Gasteiger partial charge is 0.491 e. The summed E-state index contributed by atoms with van der Waals surface area (Å²) in [4.78, 5) is 15.2. The van der Waals surface area contributed by atoms with Crippen LogP contribution in [0.15, 0.2) is 23.4 Å². The zero-order valence-corrected chi connectivity index (χ0v) is 11.1. The van der Waals surface area contributed by atoms with Crippen molar-refractivity contribution in [2.75, 3.05) is 6.61 Å². The molecule has 0 aliphatic rings. The molecule has 1 aromatic rings. The molecule has 0 amide bonds. The monoisotopic (exact) mass is 255 g/mol. The van der Waals surface area contributed by atoms with E-state index in [1.165, 1.54) is 11.8 Å². The van der Waals surface area contributed by atoms with Gasteiger partial charge in [-0.3, -0.25) is 4.79 Å². The van der Waals surface area contributed by atoms with Crippen molar-refractivity contribution in [3.8, 4) is 5.75 Å². The Bertz CT molecular complexity index is 393. The molecule has 0 atom stereocenters. The van der Waals surface area contributed by atoms with E-state index in [2.05, 4.69) is 4.98 Å². The molecule has 1 N–H and O–H groups in total. The first kappa shape index (κ1) is 13.8. The summed E-state index contributed by atoms with van der Waals surface area (Å²) in [6.07, 6.45) is 2.54. The number of nitrogens with zero attached hydrogens (tertiary/aromatic N) is 1. The zero-order chi connectivity index (χ0) is 12.9. The average molecular weight is 255 g/mol. The zero-order valence-electron chi connectivity index (χ0n) is 10.3. The highest BCUT2D eigenvalue weighted by Crippen LogP contribution is 2.36. The van der Waals surface area contributed by atoms with Crippen molar-refractivity contribution < 1.29 is 14.6 Å². The highest BCUT2D eigenvalue weighted by Gasteiger charge is 2.30. The quantitative estimate of drug-likeness (QED) is 0.792.